The lowest BCUT2D eigenvalue weighted by Crippen LogP contribution is -2.18. The zero-order chi connectivity index (χ0) is 27.6. The smallest absolute Gasteiger partial charge is 0.272 e. The van der Waals surface area contributed by atoms with E-state index in [2.05, 4.69) is 11.4 Å². The number of anilines is 2. The van der Waals surface area contributed by atoms with Gasteiger partial charge in [0.1, 0.15) is 23.0 Å². The first-order valence-corrected chi connectivity index (χ1v) is 12.8. The molecule has 5 aromatic carbocycles. The highest BCUT2D eigenvalue weighted by Crippen LogP contribution is 2.30. The number of hydrogen-bond donors (Lipinski definition) is 4. The second kappa shape index (κ2) is 10.3. The fourth-order valence-electron chi connectivity index (χ4n) is 4.87. The van der Waals surface area contributed by atoms with E-state index in [1.54, 1.807) is 30.3 Å². The maximum atomic E-state index is 13.5. The maximum absolute atomic E-state index is 13.5. The first-order chi connectivity index (χ1) is 19.4. The summed E-state index contributed by atoms with van der Waals surface area (Å²) >= 11 is 0. The molecule has 1 amide bonds. The summed E-state index contributed by atoms with van der Waals surface area (Å²) in [5.74, 6) is 1.24. The SMILES string of the molecule is N=C(N)c1ccc2cc(C(=O)Nc3ccc(N)cc3)n(Cc3cccc4cc(Oc5ccccc5)ccc34)c2c1. The number of nitrogens with zero attached hydrogens (tertiary/aromatic N) is 1. The quantitative estimate of drug-likeness (QED) is 0.105. The van der Waals surface area contributed by atoms with Gasteiger partial charge in [0, 0.05) is 34.4 Å². The van der Waals surface area contributed by atoms with Crippen LogP contribution in [-0.2, 0) is 6.54 Å². The van der Waals surface area contributed by atoms with Gasteiger partial charge in [0.25, 0.3) is 5.91 Å². The number of para-hydroxylation sites is 1. The van der Waals surface area contributed by atoms with Crippen molar-refractivity contribution in [1.82, 2.24) is 4.57 Å². The number of amides is 1. The molecule has 1 aromatic heterocycles. The number of ether oxygens (including phenoxy) is 1. The van der Waals surface area contributed by atoms with E-state index in [1.807, 2.05) is 83.4 Å². The number of carbonyl (C=O) groups is 1. The number of amidine groups is 1. The van der Waals surface area contributed by atoms with E-state index in [4.69, 9.17) is 21.6 Å². The highest BCUT2D eigenvalue weighted by Gasteiger charge is 2.18. The Hall–Kier alpha value is -5.56. The Labute approximate surface area is 231 Å². The number of fused-ring (bicyclic) bond motifs is 2. The van der Waals surface area contributed by atoms with E-state index >= 15 is 0 Å². The van der Waals surface area contributed by atoms with Gasteiger partial charge >= 0.3 is 0 Å². The third-order valence-electron chi connectivity index (χ3n) is 6.87. The van der Waals surface area contributed by atoms with Gasteiger partial charge in [-0.2, -0.15) is 0 Å². The molecule has 0 spiro atoms. The summed E-state index contributed by atoms with van der Waals surface area (Å²) in [5.41, 5.74) is 15.8. The largest absolute Gasteiger partial charge is 0.457 e. The summed E-state index contributed by atoms with van der Waals surface area (Å²) in [4.78, 5) is 13.5. The number of rotatable bonds is 7. The summed E-state index contributed by atoms with van der Waals surface area (Å²) in [6.45, 7) is 0.436. The highest BCUT2D eigenvalue weighted by atomic mass is 16.5. The molecule has 0 radical (unpaired) electrons. The van der Waals surface area contributed by atoms with Crippen molar-refractivity contribution in [2.75, 3.05) is 11.1 Å². The summed E-state index contributed by atoms with van der Waals surface area (Å²) in [6.07, 6.45) is 0. The average Bonchev–Trinajstić information content (AvgIpc) is 3.32. The van der Waals surface area contributed by atoms with Crippen LogP contribution in [0.25, 0.3) is 21.7 Å². The Balaban J connectivity index is 1.40. The summed E-state index contributed by atoms with van der Waals surface area (Å²) in [7, 11) is 0. The standard InChI is InChI=1S/C33H27N5O2/c34-25-11-13-26(14-12-25)37-33(39)31-18-22-9-10-23(32(35)36)19-30(22)38(31)20-24-6-4-5-21-17-28(15-16-29(21)24)40-27-7-2-1-3-8-27/h1-19H,20,34H2,(H3,35,36)(H,37,39). The molecular weight excluding hydrogens is 498 g/mol. The molecule has 0 saturated carbocycles. The van der Waals surface area contributed by atoms with Crippen molar-refractivity contribution in [3.05, 3.63) is 132 Å². The number of nitrogens with one attached hydrogen (secondary N) is 2. The zero-order valence-electron chi connectivity index (χ0n) is 21.6. The van der Waals surface area contributed by atoms with Crippen LogP contribution in [-0.4, -0.2) is 16.3 Å². The van der Waals surface area contributed by atoms with Gasteiger partial charge in [-0.15, -0.1) is 0 Å². The number of nitrogens with two attached hydrogens (primary N) is 2. The van der Waals surface area contributed by atoms with E-state index < -0.39 is 0 Å². The van der Waals surface area contributed by atoms with Crippen LogP contribution in [0.5, 0.6) is 11.5 Å². The molecule has 6 N–H and O–H groups in total. The van der Waals surface area contributed by atoms with Crippen LogP contribution >= 0.6 is 0 Å². The molecule has 40 heavy (non-hydrogen) atoms. The number of aromatic nitrogens is 1. The van der Waals surface area contributed by atoms with Crippen molar-refractivity contribution in [2.24, 2.45) is 5.73 Å². The monoisotopic (exact) mass is 525 g/mol. The first-order valence-electron chi connectivity index (χ1n) is 12.8. The molecule has 6 rings (SSSR count). The van der Waals surface area contributed by atoms with E-state index in [1.165, 1.54) is 0 Å². The molecule has 0 aliphatic carbocycles. The van der Waals surface area contributed by atoms with Crippen LogP contribution in [0.2, 0.25) is 0 Å². The van der Waals surface area contributed by atoms with Crippen molar-refractivity contribution in [3.8, 4) is 11.5 Å². The topological polar surface area (TPSA) is 119 Å². The van der Waals surface area contributed by atoms with Crippen LogP contribution < -0.4 is 21.5 Å². The normalized spacial score (nSPS) is 11.0. The molecule has 0 aliphatic heterocycles. The van der Waals surface area contributed by atoms with E-state index in [0.29, 0.717) is 29.2 Å². The predicted molar refractivity (Wildman–Crippen MR) is 161 cm³/mol. The van der Waals surface area contributed by atoms with E-state index in [0.717, 1.165) is 38.7 Å². The van der Waals surface area contributed by atoms with Crippen LogP contribution in [0, 0.1) is 5.41 Å². The number of hydrogen-bond acceptors (Lipinski definition) is 4. The molecule has 0 atom stereocenters. The van der Waals surface area contributed by atoms with Crippen molar-refractivity contribution in [3.63, 3.8) is 0 Å². The molecule has 7 heteroatoms. The summed E-state index contributed by atoms with van der Waals surface area (Å²) in [6, 6.07) is 36.2. The molecule has 6 aromatic rings. The van der Waals surface area contributed by atoms with Gasteiger partial charge in [-0.1, -0.05) is 54.6 Å². The Kier molecular flexibility index (Phi) is 6.38. The van der Waals surface area contributed by atoms with Crippen molar-refractivity contribution in [2.45, 2.75) is 6.54 Å². The minimum atomic E-state index is -0.246. The van der Waals surface area contributed by atoms with Gasteiger partial charge in [0.2, 0.25) is 0 Å². The zero-order valence-corrected chi connectivity index (χ0v) is 21.6. The molecular formula is C33H27N5O2. The lowest BCUT2D eigenvalue weighted by atomic mass is 10.0. The average molecular weight is 526 g/mol. The molecule has 0 unspecified atom stereocenters. The summed E-state index contributed by atoms with van der Waals surface area (Å²) in [5, 5.41) is 13.9. The predicted octanol–water partition coefficient (Wildman–Crippen LogP) is 6.75. The molecule has 0 saturated heterocycles. The Morgan fingerprint density at radius 2 is 1.60 bits per heavy atom. The van der Waals surface area contributed by atoms with Crippen molar-refractivity contribution >= 4 is 44.8 Å². The Morgan fingerprint density at radius 3 is 2.38 bits per heavy atom. The second-order valence-corrected chi connectivity index (χ2v) is 9.59. The molecule has 0 aliphatic rings. The Morgan fingerprint density at radius 1 is 0.800 bits per heavy atom. The minimum Gasteiger partial charge on any atom is -0.457 e. The molecule has 196 valence electrons. The lowest BCUT2D eigenvalue weighted by molar-refractivity contribution is 0.101. The van der Waals surface area contributed by atoms with Gasteiger partial charge in [-0.25, -0.2) is 0 Å². The summed E-state index contributed by atoms with van der Waals surface area (Å²) < 4.78 is 8.01. The maximum Gasteiger partial charge on any atom is 0.272 e. The third kappa shape index (κ3) is 4.96. The minimum absolute atomic E-state index is 0.0290. The van der Waals surface area contributed by atoms with Crippen molar-refractivity contribution < 1.29 is 9.53 Å². The third-order valence-corrected chi connectivity index (χ3v) is 6.87. The van der Waals surface area contributed by atoms with Crippen molar-refractivity contribution in [1.29, 1.82) is 5.41 Å². The van der Waals surface area contributed by atoms with Gasteiger partial charge in [-0.05, 0) is 77.0 Å². The van der Waals surface area contributed by atoms with Gasteiger partial charge in [0.15, 0.2) is 0 Å². The van der Waals surface area contributed by atoms with E-state index in [-0.39, 0.29) is 11.7 Å². The second-order valence-electron chi connectivity index (χ2n) is 9.59. The number of nitrogen functional groups attached to an aromatic ring is 2. The molecule has 1 heterocycles. The van der Waals surface area contributed by atoms with Crippen LogP contribution in [0.4, 0.5) is 11.4 Å². The molecule has 0 bridgehead atoms. The first kappa shape index (κ1) is 24.8. The Bertz CT molecular complexity index is 1880. The van der Waals surface area contributed by atoms with Gasteiger partial charge in [-0.3, -0.25) is 10.2 Å². The fourth-order valence-corrected chi connectivity index (χ4v) is 4.87. The van der Waals surface area contributed by atoms with Crippen LogP contribution in [0.15, 0.2) is 115 Å². The van der Waals surface area contributed by atoms with Gasteiger partial charge < -0.3 is 26.1 Å². The number of benzene rings is 5. The van der Waals surface area contributed by atoms with Crippen LogP contribution in [0.1, 0.15) is 21.6 Å². The number of carbonyl (C=O) groups excluding carboxylic acids is 1. The molecule has 0 fully saturated rings. The van der Waals surface area contributed by atoms with Gasteiger partial charge in [0.05, 0.1) is 0 Å². The van der Waals surface area contributed by atoms with E-state index in [9.17, 15) is 4.79 Å². The fraction of sp³-hybridized carbons (Fsp3) is 0.0303. The highest BCUT2D eigenvalue weighted by molar-refractivity contribution is 6.07. The lowest BCUT2D eigenvalue weighted by Gasteiger charge is -2.14. The van der Waals surface area contributed by atoms with Crippen LogP contribution in [0.3, 0.4) is 0 Å². The molecule has 7 nitrogen and oxygen atoms in total.